The van der Waals surface area contributed by atoms with Crippen LogP contribution in [-0.2, 0) is 0 Å². The van der Waals surface area contributed by atoms with Crippen LogP contribution >= 0.6 is 0 Å². The van der Waals surface area contributed by atoms with Crippen molar-refractivity contribution in [3.05, 3.63) is 70.5 Å². The molecule has 6 nitrogen and oxygen atoms in total. The Morgan fingerprint density at radius 2 is 1.46 bits per heavy atom. The molecule has 1 aliphatic carbocycles. The molecule has 0 heterocycles. The standard InChI is InChI=1S/C20H17NO5/c1-21-17(11-7-5-4-6-8-11)16-18(22)12-9-14(25-2)15(26-3)10-13(12)19(23)20(16)24/h4-10,24H,1-3H3/b21-17-. The van der Waals surface area contributed by atoms with Gasteiger partial charge in [-0.15, -0.1) is 0 Å². The molecule has 0 atom stereocenters. The summed E-state index contributed by atoms with van der Waals surface area (Å²) in [4.78, 5) is 29.9. The number of allylic oxidation sites excluding steroid dienone is 2. The van der Waals surface area contributed by atoms with Gasteiger partial charge in [0.05, 0.1) is 25.5 Å². The number of methoxy groups -OCH3 is 2. The summed E-state index contributed by atoms with van der Waals surface area (Å²) in [5.41, 5.74) is 0.960. The SMILES string of the molecule is C/N=C(\C1=C(O)C(=O)c2cc(OC)c(OC)cc2C1=O)c1ccccc1. The van der Waals surface area contributed by atoms with Gasteiger partial charge in [0.2, 0.25) is 5.78 Å². The molecule has 26 heavy (non-hydrogen) atoms. The second kappa shape index (κ2) is 6.84. The maximum absolute atomic E-state index is 13.1. The third-order valence-electron chi connectivity index (χ3n) is 4.20. The first-order chi connectivity index (χ1) is 12.5. The van der Waals surface area contributed by atoms with Crippen LogP contribution in [0.3, 0.4) is 0 Å². The third kappa shape index (κ3) is 2.65. The normalized spacial score (nSPS) is 14.3. The van der Waals surface area contributed by atoms with Crippen LogP contribution in [0, 0.1) is 0 Å². The number of nitrogens with zero attached hydrogens (tertiary/aromatic N) is 1. The van der Waals surface area contributed by atoms with Gasteiger partial charge in [-0.1, -0.05) is 30.3 Å². The van der Waals surface area contributed by atoms with E-state index in [1.54, 1.807) is 24.3 Å². The number of hydrogen-bond acceptors (Lipinski definition) is 6. The van der Waals surface area contributed by atoms with Crippen molar-refractivity contribution in [2.24, 2.45) is 4.99 Å². The van der Waals surface area contributed by atoms with Crippen molar-refractivity contribution < 1.29 is 24.2 Å². The van der Waals surface area contributed by atoms with Gasteiger partial charge in [0.25, 0.3) is 0 Å². The predicted octanol–water partition coefficient (Wildman–Crippen LogP) is 3.01. The number of ether oxygens (including phenoxy) is 2. The first kappa shape index (κ1) is 17.4. The molecule has 132 valence electrons. The lowest BCUT2D eigenvalue weighted by atomic mass is 9.84. The highest BCUT2D eigenvalue weighted by atomic mass is 16.5. The van der Waals surface area contributed by atoms with E-state index in [2.05, 4.69) is 4.99 Å². The maximum atomic E-state index is 13.1. The smallest absolute Gasteiger partial charge is 0.229 e. The lowest BCUT2D eigenvalue weighted by molar-refractivity contribution is 0.0933. The van der Waals surface area contributed by atoms with Crippen LogP contribution in [-0.4, -0.2) is 43.7 Å². The molecule has 0 aromatic heterocycles. The van der Waals surface area contributed by atoms with E-state index in [0.717, 1.165) is 0 Å². The fraction of sp³-hybridized carbons (Fsp3) is 0.150. The Labute approximate surface area is 150 Å². The van der Waals surface area contributed by atoms with Crippen molar-refractivity contribution in [1.29, 1.82) is 0 Å². The molecule has 1 N–H and O–H groups in total. The number of benzene rings is 2. The van der Waals surface area contributed by atoms with E-state index in [1.807, 2.05) is 6.07 Å². The largest absolute Gasteiger partial charge is 0.504 e. The third-order valence-corrected chi connectivity index (χ3v) is 4.20. The van der Waals surface area contributed by atoms with Gasteiger partial charge in [-0.25, -0.2) is 0 Å². The molecule has 2 aromatic carbocycles. The number of carbonyl (C=O) groups is 2. The van der Waals surface area contributed by atoms with Crippen molar-refractivity contribution in [3.63, 3.8) is 0 Å². The van der Waals surface area contributed by atoms with Gasteiger partial charge in [0.15, 0.2) is 23.0 Å². The van der Waals surface area contributed by atoms with Gasteiger partial charge in [-0.2, -0.15) is 0 Å². The Morgan fingerprint density at radius 3 is 1.96 bits per heavy atom. The van der Waals surface area contributed by atoms with E-state index in [9.17, 15) is 14.7 Å². The van der Waals surface area contributed by atoms with Gasteiger partial charge < -0.3 is 14.6 Å². The quantitative estimate of drug-likeness (QED) is 0.856. The molecule has 3 rings (SSSR count). The van der Waals surface area contributed by atoms with Crippen LogP contribution in [0.2, 0.25) is 0 Å². The van der Waals surface area contributed by atoms with E-state index >= 15 is 0 Å². The molecular formula is C20H17NO5. The van der Waals surface area contributed by atoms with Crippen LogP contribution in [0.25, 0.3) is 0 Å². The zero-order valence-corrected chi connectivity index (χ0v) is 14.6. The monoisotopic (exact) mass is 351 g/mol. The van der Waals surface area contributed by atoms with E-state index < -0.39 is 17.3 Å². The summed E-state index contributed by atoms with van der Waals surface area (Å²) in [7, 11) is 4.37. The second-order valence-corrected chi connectivity index (χ2v) is 5.57. The Morgan fingerprint density at radius 1 is 0.923 bits per heavy atom. The predicted molar refractivity (Wildman–Crippen MR) is 96.8 cm³/mol. The molecule has 0 unspecified atom stereocenters. The number of ketones is 2. The van der Waals surface area contributed by atoms with Gasteiger partial charge in [-0.3, -0.25) is 14.6 Å². The molecular weight excluding hydrogens is 334 g/mol. The fourth-order valence-corrected chi connectivity index (χ4v) is 2.94. The number of hydrogen-bond donors (Lipinski definition) is 1. The molecule has 0 amide bonds. The summed E-state index contributed by atoms with van der Waals surface area (Å²) in [5, 5.41) is 10.5. The summed E-state index contributed by atoms with van der Waals surface area (Å²) in [6.45, 7) is 0. The number of aliphatic imine (C=N–C) groups is 1. The van der Waals surface area contributed by atoms with Gasteiger partial charge >= 0.3 is 0 Å². The number of Topliss-reactive ketones (excluding diaryl/α,β-unsaturated/α-hetero) is 2. The molecule has 1 aliphatic rings. The van der Waals surface area contributed by atoms with E-state index in [0.29, 0.717) is 17.1 Å². The van der Waals surface area contributed by atoms with Crippen LogP contribution < -0.4 is 9.47 Å². The summed E-state index contributed by atoms with van der Waals surface area (Å²) in [5.74, 6) is -1.16. The molecule has 0 saturated heterocycles. The van der Waals surface area contributed by atoms with Crippen LogP contribution in [0.1, 0.15) is 26.3 Å². The average molecular weight is 351 g/mol. The molecule has 0 radical (unpaired) electrons. The van der Waals surface area contributed by atoms with Crippen molar-refractivity contribution in [1.82, 2.24) is 0 Å². The molecule has 0 saturated carbocycles. The van der Waals surface area contributed by atoms with Crippen molar-refractivity contribution in [2.45, 2.75) is 0 Å². The van der Waals surface area contributed by atoms with Gasteiger partial charge in [-0.05, 0) is 12.1 Å². The Kier molecular flexibility index (Phi) is 4.58. The average Bonchev–Trinajstić information content (AvgIpc) is 2.69. The summed E-state index contributed by atoms with van der Waals surface area (Å²) in [6, 6.07) is 11.7. The molecule has 2 aromatic rings. The minimum Gasteiger partial charge on any atom is -0.504 e. The van der Waals surface area contributed by atoms with Crippen LogP contribution in [0.5, 0.6) is 11.5 Å². The number of carbonyl (C=O) groups excluding carboxylic acids is 2. The van der Waals surface area contributed by atoms with Crippen molar-refractivity contribution in [2.75, 3.05) is 21.3 Å². The van der Waals surface area contributed by atoms with Crippen LogP contribution in [0.15, 0.2) is 58.8 Å². The summed E-state index contributed by atoms with van der Waals surface area (Å²) < 4.78 is 10.4. The Balaban J connectivity index is 2.21. The highest BCUT2D eigenvalue weighted by molar-refractivity contribution is 6.40. The first-order valence-electron chi connectivity index (χ1n) is 7.84. The fourth-order valence-electron chi connectivity index (χ4n) is 2.94. The number of rotatable bonds is 4. The summed E-state index contributed by atoms with van der Waals surface area (Å²) >= 11 is 0. The molecule has 0 spiro atoms. The Bertz CT molecular complexity index is 958. The lowest BCUT2D eigenvalue weighted by Gasteiger charge is -2.20. The highest BCUT2D eigenvalue weighted by Gasteiger charge is 2.36. The van der Waals surface area contributed by atoms with Crippen molar-refractivity contribution in [3.8, 4) is 11.5 Å². The minimum atomic E-state index is -0.660. The minimum absolute atomic E-state index is 0.0671. The topological polar surface area (TPSA) is 85.2 Å². The second-order valence-electron chi connectivity index (χ2n) is 5.57. The molecule has 0 aliphatic heterocycles. The first-order valence-corrected chi connectivity index (χ1v) is 7.84. The zero-order chi connectivity index (χ0) is 18.8. The molecule has 0 fully saturated rings. The van der Waals surface area contributed by atoms with Crippen molar-refractivity contribution >= 4 is 17.3 Å². The molecule has 0 bridgehead atoms. The maximum Gasteiger partial charge on any atom is 0.229 e. The van der Waals surface area contributed by atoms with E-state index in [4.69, 9.17) is 9.47 Å². The van der Waals surface area contributed by atoms with Gasteiger partial charge in [0, 0.05) is 23.7 Å². The number of aliphatic hydroxyl groups excluding tert-OH is 1. The van der Waals surface area contributed by atoms with Gasteiger partial charge in [0.1, 0.15) is 0 Å². The summed E-state index contributed by atoms with van der Waals surface area (Å²) in [6.07, 6.45) is 0. The van der Waals surface area contributed by atoms with E-state index in [1.165, 1.54) is 33.4 Å². The molecule has 6 heteroatoms. The number of fused-ring (bicyclic) bond motifs is 1. The Hall–Kier alpha value is -3.41. The van der Waals surface area contributed by atoms with Crippen LogP contribution in [0.4, 0.5) is 0 Å². The lowest BCUT2D eigenvalue weighted by Crippen LogP contribution is -2.27. The number of aliphatic hydroxyl groups is 1. The highest BCUT2D eigenvalue weighted by Crippen LogP contribution is 2.36. The van der Waals surface area contributed by atoms with E-state index in [-0.39, 0.29) is 22.4 Å². The zero-order valence-electron chi connectivity index (χ0n) is 14.6.